The molecule has 154 valence electrons. The first-order chi connectivity index (χ1) is 14.3. The van der Waals surface area contributed by atoms with E-state index in [2.05, 4.69) is 9.97 Å². The van der Waals surface area contributed by atoms with Gasteiger partial charge in [0, 0.05) is 5.92 Å². The fraction of sp³-hybridized carbons (Fsp3) is 0.227. The van der Waals surface area contributed by atoms with Gasteiger partial charge in [0.15, 0.2) is 0 Å². The van der Waals surface area contributed by atoms with Crippen molar-refractivity contribution in [3.63, 3.8) is 0 Å². The maximum atomic E-state index is 13.3. The number of nitrogens with zero attached hydrogens (tertiary/aromatic N) is 2. The number of halogens is 3. The molecule has 3 aromatic rings. The predicted octanol–water partition coefficient (Wildman–Crippen LogP) is 4.93. The highest BCUT2D eigenvalue weighted by atomic mass is 19.4. The summed E-state index contributed by atoms with van der Waals surface area (Å²) in [5.74, 6) is -1.11. The van der Waals surface area contributed by atoms with Gasteiger partial charge >= 0.3 is 12.1 Å². The van der Waals surface area contributed by atoms with Crippen LogP contribution < -0.4 is 4.74 Å². The van der Waals surface area contributed by atoms with Crippen molar-refractivity contribution in [2.24, 2.45) is 5.92 Å². The van der Waals surface area contributed by atoms with Crippen molar-refractivity contribution in [2.45, 2.75) is 25.1 Å². The van der Waals surface area contributed by atoms with Gasteiger partial charge in [0.2, 0.25) is 5.88 Å². The smallest absolute Gasteiger partial charge is 0.417 e. The van der Waals surface area contributed by atoms with E-state index in [0.29, 0.717) is 23.2 Å². The molecule has 1 aliphatic rings. The summed E-state index contributed by atoms with van der Waals surface area (Å²) < 4.78 is 45.5. The number of aliphatic carboxylic acids is 1. The molecule has 0 bridgehead atoms. The Morgan fingerprint density at radius 3 is 2.57 bits per heavy atom. The summed E-state index contributed by atoms with van der Waals surface area (Å²) in [7, 11) is 0. The zero-order valence-corrected chi connectivity index (χ0v) is 15.6. The maximum absolute atomic E-state index is 13.3. The number of carboxylic acid groups (broad SMARTS) is 1. The standard InChI is InChI=1S/C22H17F3N2O3/c23-22(24,25)18-7-2-1-6-15(18)14-5-3-4-13(8-14)12-30-20-11-26-19(10-27-20)16-9-17(16)21(28)29/h1-8,10-11,16-17H,9,12H2,(H,28,29)/t16-,17-/m0/s1. The minimum atomic E-state index is -4.44. The predicted molar refractivity (Wildman–Crippen MR) is 102 cm³/mol. The Morgan fingerprint density at radius 2 is 1.90 bits per heavy atom. The van der Waals surface area contributed by atoms with Crippen LogP contribution in [-0.4, -0.2) is 21.0 Å². The van der Waals surface area contributed by atoms with Crippen LogP contribution in [0.3, 0.4) is 0 Å². The fourth-order valence-electron chi connectivity index (χ4n) is 3.35. The Balaban J connectivity index is 1.45. The molecule has 0 unspecified atom stereocenters. The lowest BCUT2D eigenvalue weighted by Gasteiger charge is -2.13. The van der Waals surface area contributed by atoms with Gasteiger partial charge in [0.1, 0.15) is 6.61 Å². The third-order valence-electron chi connectivity index (χ3n) is 4.99. The summed E-state index contributed by atoms with van der Waals surface area (Å²) in [6.45, 7) is 0.108. The molecule has 2 aromatic carbocycles. The molecule has 1 fully saturated rings. The molecule has 0 spiro atoms. The Hall–Kier alpha value is -3.42. The number of hydrogen-bond acceptors (Lipinski definition) is 4. The number of carbonyl (C=O) groups is 1. The second kappa shape index (κ2) is 7.78. The SMILES string of the molecule is O=C(O)[C@H]1C[C@@H]1c1cnc(OCc2cccc(-c3ccccc3C(F)(F)F)c2)cn1. The van der Waals surface area contributed by atoms with Crippen molar-refractivity contribution in [3.05, 3.63) is 77.7 Å². The van der Waals surface area contributed by atoms with Gasteiger partial charge in [-0.1, -0.05) is 36.4 Å². The van der Waals surface area contributed by atoms with Gasteiger partial charge < -0.3 is 9.84 Å². The maximum Gasteiger partial charge on any atom is 0.417 e. The molecule has 0 saturated heterocycles. The van der Waals surface area contributed by atoms with Crippen LogP contribution in [0, 0.1) is 5.92 Å². The molecule has 4 rings (SSSR count). The molecule has 1 aliphatic carbocycles. The molecule has 0 aliphatic heterocycles. The van der Waals surface area contributed by atoms with Crippen LogP contribution in [0.4, 0.5) is 13.2 Å². The summed E-state index contributed by atoms with van der Waals surface area (Å²) >= 11 is 0. The molecule has 1 aromatic heterocycles. The number of hydrogen-bond donors (Lipinski definition) is 1. The molecule has 8 heteroatoms. The van der Waals surface area contributed by atoms with Crippen molar-refractivity contribution in [1.29, 1.82) is 0 Å². The quantitative estimate of drug-likeness (QED) is 0.619. The summed E-state index contributed by atoms with van der Waals surface area (Å²) in [5, 5.41) is 8.98. The van der Waals surface area contributed by atoms with Crippen LogP contribution in [0.15, 0.2) is 60.9 Å². The van der Waals surface area contributed by atoms with Crippen LogP contribution in [0.25, 0.3) is 11.1 Å². The average Bonchev–Trinajstić information content (AvgIpc) is 3.54. The van der Waals surface area contributed by atoms with Crippen LogP contribution in [-0.2, 0) is 17.6 Å². The Bertz CT molecular complexity index is 1070. The lowest BCUT2D eigenvalue weighted by atomic mass is 9.98. The first-order valence-electron chi connectivity index (χ1n) is 9.26. The van der Waals surface area contributed by atoms with E-state index in [0.717, 1.165) is 6.07 Å². The molecular formula is C22H17F3N2O3. The number of benzene rings is 2. The number of alkyl halides is 3. The van der Waals surface area contributed by atoms with Gasteiger partial charge in [-0.15, -0.1) is 0 Å². The largest absolute Gasteiger partial charge is 0.481 e. The fourth-order valence-corrected chi connectivity index (χ4v) is 3.35. The summed E-state index contributed by atoms with van der Waals surface area (Å²) in [6, 6.07) is 12.1. The molecule has 1 saturated carbocycles. The monoisotopic (exact) mass is 414 g/mol. The number of rotatable bonds is 6. The van der Waals surface area contributed by atoms with Gasteiger partial charge in [-0.05, 0) is 35.2 Å². The second-order valence-electron chi connectivity index (χ2n) is 7.10. The van der Waals surface area contributed by atoms with Crippen LogP contribution in [0.5, 0.6) is 5.88 Å². The zero-order valence-electron chi connectivity index (χ0n) is 15.6. The Kier molecular flexibility index (Phi) is 5.15. The molecule has 2 atom stereocenters. The number of ether oxygens (including phenoxy) is 1. The third-order valence-corrected chi connectivity index (χ3v) is 4.99. The van der Waals surface area contributed by atoms with Crippen LogP contribution in [0.1, 0.15) is 29.2 Å². The minimum absolute atomic E-state index is 0.105. The normalized spacial score (nSPS) is 18.1. The molecule has 0 radical (unpaired) electrons. The summed E-state index contributed by atoms with van der Waals surface area (Å²) in [4.78, 5) is 19.3. The summed E-state index contributed by atoms with van der Waals surface area (Å²) in [5.41, 5.74) is 1.15. The lowest BCUT2D eigenvalue weighted by Crippen LogP contribution is -2.07. The van der Waals surface area contributed by atoms with Crippen molar-refractivity contribution in [3.8, 4) is 17.0 Å². The minimum Gasteiger partial charge on any atom is -0.481 e. The van der Waals surface area contributed by atoms with E-state index in [9.17, 15) is 18.0 Å². The van der Waals surface area contributed by atoms with Crippen molar-refractivity contribution >= 4 is 5.97 Å². The van der Waals surface area contributed by atoms with Crippen molar-refractivity contribution in [2.75, 3.05) is 0 Å². The van der Waals surface area contributed by atoms with E-state index in [1.807, 2.05) is 0 Å². The molecule has 1 N–H and O–H groups in total. The molecule has 0 amide bonds. The Morgan fingerprint density at radius 1 is 1.10 bits per heavy atom. The number of carboxylic acids is 1. The van der Waals surface area contributed by atoms with Gasteiger partial charge in [-0.3, -0.25) is 9.78 Å². The van der Waals surface area contributed by atoms with Gasteiger partial charge in [-0.2, -0.15) is 13.2 Å². The average molecular weight is 414 g/mol. The van der Waals surface area contributed by atoms with Crippen LogP contribution in [0.2, 0.25) is 0 Å². The Labute approximate surface area is 170 Å². The lowest BCUT2D eigenvalue weighted by molar-refractivity contribution is -0.139. The first-order valence-corrected chi connectivity index (χ1v) is 9.26. The van der Waals surface area contributed by atoms with Gasteiger partial charge in [0.25, 0.3) is 0 Å². The molecular weight excluding hydrogens is 397 g/mol. The van der Waals surface area contributed by atoms with Gasteiger partial charge in [0.05, 0.1) is 29.6 Å². The molecule has 30 heavy (non-hydrogen) atoms. The van der Waals surface area contributed by atoms with Gasteiger partial charge in [-0.25, -0.2) is 4.98 Å². The highest BCUT2D eigenvalue weighted by Gasteiger charge is 2.45. The van der Waals surface area contributed by atoms with E-state index in [-0.39, 0.29) is 24.0 Å². The van der Waals surface area contributed by atoms with Crippen LogP contribution >= 0.6 is 0 Å². The van der Waals surface area contributed by atoms with Crippen molar-refractivity contribution in [1.82, 2.24) is 9.97 Å². The molecule has 1 heterocycles. The second-order valence-corrected chi connectivity index (χ2v) is 7.10. The highest BCUT2D eigenvalue weighted by Crippen LogP contribution is 2.46. The highest BCUT2D eigenvalue weighted by molar-refractivity contribution is 5.75. The first kappa shape index (κ1) is 19.9. The molecule has 5 nitrogen and oxygen atoms in total. The van der Waals surface area contributed by atoms with E-state index in [1.165, 1.54) is 24.5 Å². The third kappa shape index (κ3) is 4.27. The van der Waals surface area contributed by atoms with E-state index >= 15 is 0 Å². The van der Waals surface area contributed by atoms with Crippen molar-refractivity contribution < 1.29 is 27.8 Å². The number of aromatic nitrogens is 2. The van der Waals surface area contributed by atoms with E-state index < -0.39 is 23.6 Å². The van der Waals surface area contributed by atoms with E-state index in [1.54, 1.807) is 30.3 Å². The summed E-state index contributed by atoms with van der Waals surface area (Å²) in [6.07, 6.45) is -0.966. The topological polar surface area (TPSA) is 72.3 Å². The zero-order chi connectivity index (χ0) is 21.3. The van der Waals surface area contributed by atoms with E-state index in [4.69, 9.17) is 9.84 Å².